The first-order valence-corrected chi connectivity index (χ1v) is 13.6. The third-order valence-corrected chi connectivity index (χ3v) is 8.85. The van der Waals surface area contributed by atoms with Crippen molar-refractivity contribution in [2.24, 2.45) is 0 Å². The molecule has 2 fully saturated rings. The van der Waals surface area contributed by atoms with Gasteiger partial charge in [0, 0.05) is 18.8 Å². The highest BCUT2D eigenvalue weighted by Gasteiger charge is 2.45. The zero-order chi connectivity index (χ0) is 22.9. The molecule has 6 nitrogen and oxygen atoms in total. The highest BCUT2D eigenvalue weighted by Crippen LogP contribution is 2.44. The Bertz CT molecular complexity index is 1120. The van der Waals surface area contributed by atoms with Gasteiger partial charge in [0.2, 0.25) is 5.91 Å². The number of ether oxygens (including phenoxy) is 1. The van der Waals surface area contributed by atoms with Crippen molar-refractivity contribution in [3.8, 4) is 0 Å². The fourth-order valence-electron chi connectivity index (χ4n) is 5.31. The van der Waals surface area contributed by atoms with Gasteiger partial charge in [-0.15, -0.1) is 0 Å². The third kappa shape index (κ3) is 4.53. The number of rotatable bonds is 7. The van der Waals surface area contributed by atoms with Gasteiger partial charge in [-0.05, 0) is 92.3 Å². The molecule has 1 heterocycles. The van der Waals surface area contributed by atoms with E-state index in [9.17, 15) is 13.2 Å². The zero-order valence-electron chi connectivity index (χ0n) is 18.9. The number of benzene rings is 2. The van der Waals surface area contributed by atoms with Crippen molar-refractivity contribution in [1.82, 2.24) is 5.32 Å². The standard InChI is InChI=1S/C26H32N2O4S/c29-25(27-18-23-7-3-16-32-23)26(14-4-15-26)21-9-11-22(12-10-21)28-33(30,31)24-13-8-19-5-1-2-6-20(19)17-24/h8-13,17,23,28H,1-7,14-16,18H2,(H,27,29). The lowest BCUT2D eigenvalue weighted by Gasteiger charge is -2.41. The summed E-state index contributed by atoms with van der Waals surface area (Å²) < 4.78 is 34.3. The Kier molecular flexibility index (Phi) is 6.18. The van der Waals surface area contributed by atoms with Crippen LogP contribution in [0.1, 0.15) is 61.6 Å². The zero-order valence-corrected chi connectivity index (χ0v) is 19.8. The average Bonchev–Trinajstić information content (AvgIpc) is 3.31. The monoisotopic (exact) mass is 468 g/mol. The molecule has 1 aliphatic heterocycles. The Morgan fingerprint density at radius 3 is 2.39 bits per heavy atom. The molecule has 2 aliphatic carbocycles. The lowest BCUT2D eigenvalue weighted by atomic mass is 9.63. The van der Waals surface area contributed by atoms with E-state index in [0.29, 0.717) is 17.1 Å². The number of fused-ring (bicyclic) bond motifs is 1. The van der Waals surface area contributed by atoms with E-state index in [4.69, 9.17) is 4.74 Å². The van der Waals surface area contributed by atoms with Crippen LogP contribution in [-0.2, 0) is 37.8 Å². The van der Waals surface area contributed by atoms with Crippen molar-refractivity contribution in [1.29, 1.82) is 0 Å². The van der Waals surface area contributed by atoms with Crippen LogP contribution in [-0.4, -0.2) is 33.6 Å². The molecule has 2 aromatic carbocycles. The molecule has 1 unspecified atom stereocenters. The second-order valence-electron chi connectivity index (χ2n) is 9.60. The van der Waals surface area contributed by atoms with Crippen molar-refractivity contribution in [2.75, 3.05) is 17.9 Å². The maximum absolute atomic E-state index is 13.0. The second kappa shape index (κ2) is 9.11. The Balaban J connectivity index is 1.28. The molecule has 2 N–H and O–H groups in total. The van der Waals surface area contributed by atoms with Gasteiger partial charge in [0.05, 0.1) is 16.4 Å². The first kappa shape index (κ1) is 22.4. The highest BCUT2D eigenvalue weighted by atomic mass is 32.2. The molecule has 0 radical (unpaired) electrons. The van der Waals surface area contributed by atoms with Crippen molar-refractivity contribution in [3.63, 3.8) is 0 Å². The van der Waals surface area contributed by atoms with Crippen LogP contribution in [0.5, 0.6) is 0 Å². The first-order valence-electron chi connectivity index (χ1n) is 12.1. The molecule has 5 rings (SSSR count). The summed E-state index contributed by atoms with van der Waals surface area (Å²) in [7, 11) is -3.66. The molecular weight excluding hydrogens is 436 g/mol. The molecule has 2 aromatic rings. The number of hydrogen-bond acceptors (Lipinski definition) is 4. The summed E-state index contributed by atoms with van der Waals surface area (Å²) in [6.07, 6.45) is 9.02. The van der Waals surface area contributed by atoms with Crippen LogP contribution in [0.2, 0.25) is 0 Å². The minimum absolute atomic E-state index is 0.0478. The van der Waals surface area contributed by atoms with Gasteiger partial charge in [-0.25, -0.2) is 8.42 Å². The molecule has 33 heavy (non-hydrogen) atoms. The summed E-state index contributed by atoms with van der Waals surface area (Å²) in [5.41, 5.74) is 3.32. The number of carbonyl (C=O) groups is 1. The minimum Gasteiger partial charge on any atom is -0.376 e. The van der Waals surface area contributed by atoms with Gasteiger partial charge in [0.25, 0.3) is 10.0 Å². The number of nitrogens with one attached hydrogen (secondary N) is 2. The first-order chi connectivity index (χ1) is 16.0. The van der Waals surface area contributed by atoms with E-state index in [2.05, 4.69) is 10.0 Å². The van der Waals surface area contributed by atoms with Crippen LogP contribution in [0.4, 0.5) is 5.69 Å². The fraction of sp³-hybridized carbons (Fsp3) is 0.500. The lowest BCUT2D eigenvalue weighted by Crippen LogP contribution is -2.50. The summed E-state index contributed by atoms with van der Waals surface area (Å²) >= 11 is 0. The Morgan fingerprint density at radius 2 is 1.73 bits per heavy atom. The smallest absolute Gasteiger partial charge is 0.261 e. The van der Waals surface area contributed by atoms with E-state index in [1.54, 1.807) is 18.2 Å². The molecule has 0 spiro atoms. The topological polar surface area (TPSA) is 84.5 Å². The highest BCUT2D eigenvalue weighted by molar-refractivity contribution is 7.92. The number of sulfonamides is 1. The molecule has 0 aromatic heterocycles. The van der Waals surface area contributed by atoms with Crippen LogP contribution in [0.15, 0.2) is 47.4 Å². The van der Waals surface area contributed by atoms with Crippen LogP contribution < -0.4 is 10.0 Å². The van der Waals surface area contributed by atoms with E-state index < -0.39 is 15.4 Å². The van der Waals surface area contributed by atoms with Crippen molar-refractivity contribution in [3.05, 3.63) is 59.2 Å². The van der Waals surface area contributed by atoms with Crippen LogP contribution in [0, 0.1) is 0 Å². The van der Waals surface area contributed by atoms with Gasteiger partial charge in [-0.3, -0.25) is 9.52 Å². The van der Waals surface area contributed by atoms with Gasteiger partial charge < -0.3 is 10.1 Å². The van der Waals surface area contributed by atoms with Crippen molar-refractivity contribution < 1.29 is 17.9 Å². The minimum atomic E-state index is -3.66. The predicted octanol–water partition coefficient (Wildman–Crippen LogP) is 4.08. The third-order valence-electron chi connectivity index (χ3n) is 7.48. The van der Waals surface area contributed by atoms with Gasteiger partial charge in [-0.2, -0.15) is 0 Å². The number of aryl methyl sites for hydroxylation is 2. The predicted molar refractivity (Wildman–Crippen MR) is 128 cm³/mol. The molecular formula is C26H32N2O4S. The van der Waals surface area contributed by atoms with E-state index in [1.165, 1.54) is 5.56 Å². The normalized spacial score (nSPS) is 21.6. The Hall–Kier alpha value is -2.38. The largest absolute Gasteiger partial charge is 0.376 e. The van der Waals surface area contributed by atoms with Gasteiger partial charge in [-0.1, -0.05) is 24.6 Å². The van der Waals surface area contributed by atoms with E-state index in [1.807, 2.05) is 24.3 Å². The molecule has 1 saturated carbocycles. The van der Waals surface area contributed by atoms with Crippen LogP contribution in [0.3, 0.4) is 0 Å². The Morgan fingerprint density at radius 1 is 0.970 bits per heavy atom. The summed E-state index contributed by atoms with van der Waals surface area (Å²) in [5.74, 6) is 0.0478. The van der Waals surface area contributed by atoms with Crippen LogP contribution in [0.25, 0.3) is 0 Å². The number of anilines is 1. The van der Waals surface area contributed by atoms with E-state index in [-0.39, 0.29) is 12.0 Å². The molecule has 0 bridgehead atoms. The molecule has 7 heteroatoms. The second-order valence-corrected chi connectivity index (χ2v) is 11.3. The molecule has 176 valence electrons. The maximum Gasteiger partial charge on any atom is 0.261 e. The summed E-state index contributed by atoms with van der Waals surface area (Å²) in [6.45, 7) is 1.33. The Labute approximate surface area is 196 Å². The lowest BCUT2D eigenvalue weighted by molar-refractivity contribution is -0.130. The molecule has 3 aliphatic rings. The number of carbonyl (C=O) groups excluding carboxylic acids is 1. The van der Waals surface area contributed by atoms with Crippen molar-refractivity contribution in [2.45, 2.75) is 74.2 Å². The quantitative estimate of drug-likeness (QED) is 0.641. The molecule has 1 saturated heterocycles. The summed E-state index contributed by atoms with van der Waals surface area (Å²) in [6, 6.07) is 12.7. The summed E-state index contributed by atoms with van der Waals surface area (Å²) in [5, 5.41) is 3.09. The van der Waals surface area contributed by atoms with Crippen LogP contribution >= 0.6 is 0 Å². The molecule has 1 atom stereocenters. The summed E-state index contributed by atoms with van der Waals surface area (Å²) in [4.78, 5) is 13.3. The van der Waals surface area contributed by atoms with Crippen molar-refractivity contribution >= 4 is 21.6 Å². The number of amides is 1. The number of hydrogen-bond donors (Lipinski definition) is 2. The fourth-order valence-corrected chi connectivity index (χ4v) is 6.42. The SMILES string of the molecule is O=C(NCC1CCCO1)C1(c2ccc(NS(=O)(=O)c3ccc4c(c3)CCCC4)cc2)CCC1. The average molecular weight is 469 g/mol. The molecule has 1 amide bonds. The van der Waals surface area contributed by atoms with Gasteiger partial charge >= 0.3 is 0 Å². The van der Waals surface area contributed by atoms with Gasteiger partial charge in [0.1, 0.15) is 0 Å². The van der Waals surface area contributed by atoms with Gasteiger partial charge in [0.15, 0.2) is 0 Å². The van der Waals surface area contributed by atoms with E-state index >= 15 is 0 Å². The maximum atomic E-state index is 13.0. The van der Waals surface area contributed by atoms with E-state index in [0.717, 1.165) is 75.5 Å².